The molecule has 0 spiro atoms. The smallest absolute Gasteiger partial charge is 0.338 e. The van der Waals surface area contributed by atoms with E-state index >= 15 is 0 Å². The van der Waals surface area contributed by atoms with Gasteiger partial charge in [-0.3, -0.25) is 10.1 Å². The van der Waals surface area contributed by atoms with Gasteiger partial charge in [-0.05, 0) is 36.5 Å². The third kappa shape index (κ3) is 2.85. The van der Waals surface area contributed by atoms with Gasteiger partial charge in [0.1, 0.15) is 18.3 Å². The summed E-state index contributed by atoms with van der Waals surface area (Å²) in [5.74, 6) is -1.45. The van der Waals surface area contributed by atoms with E-state index in [1.54, 1.807) is 0 Å². The van der Waals surface area contributed by atoms with E-state index in [4.69, 9.17) is 9.47 Å². The minimum atomic E-state index is -1.41. The molecule has 0 radical (unpaired) electrons. The van der Waals surface area contributed by atoms with Gasteiger partial charge < -0.3 is 14.6 Å². The minimum Gasteiger partial charge on any atom is -0.459 e. The molecule has 1 aliphatic heterocycles. The summed E-state index contributed by atoms with van der Waals surface area (Å²) < 4.78 is 11.0. The zero-order valence-corrected chi connectivity index (χ0v) is 17.2. The van der Waals surface area contributed by atoms with Crippen LogP contribution in [0.2, 0.25) is 0 Å². The van der Waals surface area contributed by atoms with E-state index in [9.17, 15) is 24.8 Å². The standard InChI is InChI=1S/C22H25NO7/c1-20(2)9-4-10-21(3)17(20)16(11-15-19(25)29-12-22(15,21)26)30-18(24)13-5-7-14(8-6-13)23(27)28/h5-8,11,16-17,26H,4,9-10,12H2,1-3H3/t16-,17?,21+,22?/m1/s1. The zero-order chi connectivity index (χ0) is 21.9. The van der Waals surface area contributed by atoms with Crippen molar-refractivity contribution in [1.82, 2.24) is 0 Å². The maximum Gasteiger partial charge on any atom is 0.338 e. The lowest BCUT2D eigenvalue weighted by molar-refractivity contribution is -0.384. The molecule has 0 aromatic heterocycles. The maximum absolute atomic E-state index is 12.8. The Morgan fingerprint density at radius 2 is 1.90 bits per heavy atom. The highest BCUT2D eigenvalue weighted by molar-refractivity contribution is 5.94. The van der Waals surface area contributed by atoms with Crippen molar-refractivity contribution in [1.29, 1.82) is 0 Å². The van der Waals surface area contributed by atoms with E-state index in [-0.39, 0.29) is 34.8 Å². The molecule has 30 heavy (non-hydrogen) atoms. The van der Waals surface area contributed by atoms with Crippen LogP contribution in [0.25, 0.3) is 0 Å². The van der Waals surface area contributed by atoms with Gasteiger partial charge in [-0.15, -0.1) is 0 Å². The van der Waals surface area contributed by atoms with Crippen LogP contribution in [0.3, 0.4) is 0 Å². The second-order valence-corrected chi connectivity index (χ2v) is 9.43. The molecule has 1 N–H and O–H groups in total. The summed E-state index contributed by atoms with van der Waals surface area (Å²) in [6.07, 6.45) is 3.27. The van der Waals surface area contributed by atoms with Crippen molar-refractivity contribution in [3.05, 3.63) is 51.6 Å². The van der Waals surface area contributed by atoms with Crippen molar-refractivity contribution in [3.63, 3.8) is 0 Å². The minimum absolute atomic E-state index is 0.0935. The van der Waals surface area contributed by atoms with Crippen LogP contribution in [-0.4, -0.2) is 40.3 Å². The quantitative estimate of drug-likeness (QED) is 0.458. The third-order valence-corrected chi connectivity index (χ3v) is 7.28. The van der Waals surface area contributed by atoms with Crippen molar-refractivity contribution < 1.29 is 29.1 Å². The van der Waals surface area contributed by atoms with E-state index in [2.05, 4.69) is 13.8 Å². The lowest BCUT2D eigenvalue weighted by atomic mass is 9.46. The number of hydrogen-bond donors (Lipinski definition) is 1. The number of cyclic esters (lactones) is 1. The predicted octanol–water partition coefficient (Wildman–Crippen LogP) is 3.18. The average molecular weight is 415 g/mol. The first kappa shape index (κ1) is 20.5. The Morgan fingerprint density at radius 3 is 2.53 bits per heavy atom. The molecule has 2 aliphatic carbocycles. The van der Waals surface area contributed by atoms with Crippen LogP contribution >= 0.6 is 0 Å². The normalized spacial score (nSPS) is 34.3. The number of non-ortho nitro benzene ring substituents is 1. The summed E-state index contributed by atoms with van der Waals surface area (Å²) in [6, 6.07) is 5.19. The monoisotopic (exact) mass is 415 g/mol. The fraction of sp³-hybridized carbons (Fsp3) is 0.545. The van der Waals surface area contributed by atoms with Crippen LogP contribution in [-0.2, 0) is 14.3 Å². The van der Waals surface area contributed by atoms with E-state index in [0.717, 1.165) is 12.8 Å². The Morgan fingerprint density at radius 1 is 1.23 bits per heavy atom. The predicted molar refractivity (Wildman–Crippen MR) is 106 cm³/mol. The van der Waals surface area contributed by atoms with Crippen LogP contribution in [0.5, 0.6) is 0 Å². The number of aliphatic hydroxyl groups is 1. The zero-order valence-electron chi connectivity index (χ0n) is 17.2. The fourth-order valence-electron chi connectivity index (χ4n) is 5.80. The lowest BCUT2D eigenvalue weighted by Crippen LogP contribution is -2.63. The van der Waals surface area contributed by atoms with E-state index in [0.29, 0.717) is 6.42 Å². The van der Waals surface area contributed by atoms with Crippen LogP contribution < -0.4 is 0 Å². The topological polar surface area (TPSA) is 116 Å². The largest absolute Gasteiger partial charge is 0.459 e. The number of nitro groups is 1. The van der Waals surface area contributed by atoms with Gasteiger partial charge in [0.05, 0.1) is 16.1 Å². The van der Waals surface area contributed by atoms with Crippen LogP contribution in [0.4, 0.5) is 5.69 Å². The molecule has 8 heteroatoms. The SMILES string of the molecule is CC1(C)CCC[C@@]2(C)C1[C@H](OC(=O)c1ccc([N+](=O)[O-])cc1)C=C1C(=O)OCC12O. The van der Waals surface area contributed by atoms with Crippen molar-refractivity contribution in [2.75, 3.05) is 6.61 Å². The summed E-state index contributed by atoms with van der Waals surface area (Å²) in [7, 11) is 0. The maximum atomic E-state index is 12.8. The van der Waals surface area contributed by atoms with Crippen molar-refractivity contribution in [2.24, 2.45) is 16.7 Å². The molecule has 1 heterocycles. The molecule has 1 saturated carbocycles. The van der Waals surface area contributed by atoms with Crippen molar-refractivity contribution in [3.8, 4) is 0 Å². The molecule has 1 aromatic rings. The number of ether oxygens (including phenoxy) is 2. The Kier molecular flexibility index (Phi) is 4.54. The third-order valence-electron chi connectivity index (χ3n) is 7.28. The van der Waals surface area contributed by atoms with Crippen LogP contribution in [0.15, 0.2) is 35.9 Å². The van der Waals surface area contributed by atoms with Crippen LogP contribution in [0.1, 0.15) is 50.4 Å². The fourth-order valence-corrected chi connectivity index (χ4v) is 5.80. The Hall–Kier alpha value is -2.74. The van der Waals surface area contributed by atoms with Crippen LogP contribution in [0, 0.1) is 26.9 Å². The average Bonchev–Trinajstić information content (AvgIpc) is 2.97. The second-order valence-electron chi connectivity index (χ2n) is 9.43. The molecule has 1 aromatic carbocycles. The molecular weight excluding hydrogens is 390 g/mol. The summed E-state index contributed by atoms with van der Waals surface area (Å²) in [5, 5.41) is 22.3. The Labute approximate surface area is 174 Å². The molecule has 160 valence electrons. The van der Waals surface area contributed by atoms with Gasteiger partial charge in [0.15, 0.2) is 0 Å². The molecule has 3 aliphatic rings. The summed E-state index contributed by atoms with van der Waals surface area (Å²) in [5.41, 5.74) is -2.15. The molecule has 4 rings (SSSR count). The lowest BCUT2D eigenvalue weighted by Gasteiger charge is -2.59. The highest BCUT2D eigenvalue weighted by Crippen LogP contribution is 2.63. The molecule has 0 bridgehead atoms. The van der Waals surface area contributed by atoms with E-state index < -0.39 is 34.0 Å². The number of carbonyl (C=O) groups is 2. The van der Waals surface area contributed by atoms with Crippen molar-refractivity contribution >= 4 is 17.6 Å². The molecule has 8 nitrogen and oxygen atoms in total. The first-order valence-corrected chi connectivity index (χ1v) is 10.1. The first-order valence-electron chi connectivity index (χ1n) is 10.1. The molecule has 2 unspecified atom stereocenters. The highest BCUT2D eigenvalue weighted by Gasteiger charge is 2.67. The Balaban J connectivity index is 1.72. The Bertz CT molecular complexity index is 951. The number of hydrogen-bond acceptors (Lipinski definition) is 7. The number of carbonyl (C=O) groups excluding carboxylic acids is 2. The number of fused-ring (bicyclic) bond motifs is 3. The summed E-state index contributed by atoms with van der Waals surface area (Å²) >= 11 is 0. The van der Waals surface area contributed by atoms with Gasteiger partial charge in [0.25, 0.3) is 5.69 Å². The number of nitro benzene ring substituents is 1. The van der Waals surface area contributed by atoms with E-state index in [1.807, 2.05) is 6.92 Å². The van der Waals surface area contributed by atoms with Crippen molar-refractivity contribution in [2.45, 2.75) is 51.7 Å². The molecular formula is C22H25NO7. The van der Waals surface area contributed by atoms with Gasteiger partial charge in [-0.2, -0.15) is 0 Å². The molecule has 0 amide bonds. The summed E-state index contributed by atoms with van der Waals surface area (Å²) in [6.45, 7) is 6.02. The highest BCUT2D eigenvalue weighted by atomic mass is 16.6. The van der Waals surface area contributed by atoms with Gasteiger partial charge in [0, 0.05) is 23.5 Å². The van der Waals surface area contributed by atoms with Gasteiger partial charge in [-0.1, -0.05) is 27.2 Å². The van der Waals surface area contributed by atoms with Gasteiger partial charge in [-0.25, -0.2) is 9.59 Å². The molecule has 2 fully saturated rings. The number of nitrogens with zero attached hydrogens (tertiary/aromatic N) is 1. The second kappa shape index (κ2) is 6.63. The van der Waals surface area contributed by atoms with E-state index in [1.165, 1.54) is 30.3 Å². The summed E-state index contributed by atoms with van der Waals surface area (Å²) in [4.78, 5) is 35.5. The number of esters is 2. The van der Waals surface area contributed by atoms with Gasteiger partial charge >= 0.3 is 11.9 Å². The molecule has 4 atom stereocenters. The number of benzene rings is 1. The van der Waals surface area contributed by atoms with Gasteiger partial charge in [0.2, 0.25) is 0 Å². The molecule has 1 saturated heterocycles. The number of rotatable bonds is 3. The first-order chi connectivity index (χ1) is 14.0.